The van der Waals surface area contributed by atoms with E-state index in [1.54, 1.807) is 18.4 Å². The van der Waals surface area contributed by atoms with E-state index in [4.69, 9.17) is 16.7 Å². The molecule has 0 fully saturated rings. The lowest BCUT2D eigenvalue weighted by Gasteiger charge is -2.10. The van der Waals surface area contributed by atoms with E-state index >= 15 is 0 Å². The molecule has 0 saturated carbocycles. The maximum absolute atomic E-state index is 12.2. The summed E-state index contributed by atoms with van der Waals surface area (Å²) in [7, 11) is -3.89. The number of rotatable bonds is 5. The molecule has 2 rings (SSSR count). The average molecular weight is 347 g/mol. The zero-order valence-electron chi connectivity index (χ0n) is 10.8. The molecule has 0 saturated heterocycles. The Morgan fingerprint density at radius 2 is 2.10 bits per heavy atom. The molecular formula is C12H11ClN2O4S2. The number of H-pyrrole nitrogens is 1. The maximum Gasteiger partial charge on any atom is 0.352 e. The lowest BCUT2D eigenvalue weighted by atomic mass is 10.3. The zero-order chi connectivity index (χ0) is 15.6. The molecule has 1 heterocycles. The number of hydrogen-bond donors (Lipinski definition) is 3. The van der Waals surface area contributed by atoms with Crippen molar-refractivity contribution >= 4 is 45.0 Å². The predicted molar refractivity (Wildman–Crippen MR) is 81.8 cm³/mol. The van der Waals surface area contributed by atoms with Crippen LogP contribution >= 0.6 is 23.4 Å². The summed E-state index contributed by atoms with van der Waals surface area (Å²) in [5.74, 6) is -1.23. The van der Waals surface area contributed by atoms with Crippen molar-refractivity contribution in [2.24, 2.45) is 0 Å². The Morgan fingerprint density at radius 3 is 2.67 bits per heavy atom. The molecule has 2 aromatic rings. The Balaban J connectivity index is 2.37. The van der Waals surface area contributed by atoms with Crippen LogP contribution in [-0.4, -0.2) is 30.7 Å². The molecule has 6 nitrogen and oxygen atoms in total. The highest BCUT2D eigenvalue weighted by atomic mass is 35.5. The van der Waals surface area contributed by atoms with E-state index in [0.29, 0.717) is 15.6 Å². The van der Waals surface area contributed by atoms with Crippen LogP contribution in [-0.2, 0) is 10.0 Å². The van der Waals surface area contributed by atoms with Gasteiger partial charge in [0, 0.05) is 16.1 Å². The van der Waals surface area contributed by atoms with Gasteiger partial charge in [-0.1, -0.05) is 11.6 Å². The molecule has 9 heteroatoms. The summed E-state index contributed by atoms with van der Waals surface area (Å²) >= 11 is 7.23. The Kier molecular flexibility index (Phi) is 4.50. The molecule has 0 radical (unpaired) electrons. The van der Waals surface area contributed by atoms with Crippen LogP contribution < -0.4 is 4.72 Å². The van der Waals surface area contributed by atoms with E-state index in [-0.39, 0.29) is 10.6 Å². The van der Waals surface area contributed by atoms with Crippen molar-refractivity contribution < 1.29 is 18.3 Å². The molecule has 0 aliphatic heterocycles. The normalized spacial score (nSPS) is 11.3. The van der Waals surface area contributed by atoms with Gasteiger partial charge < -0.3 is 10.1 Å². The van der Waals surface area contributed by atoms with E-state index in [2.05, 4.69) is 9.71 Å². The number of carbonyl (C=O) groups is 1. The van der Waals surface area contributed by atoms with Gasteiger partial charge in [0.1, 0.15) is 10.6 Å². The number of carboxylic acid groups (broad SMARTS) is 1. The van der Waals surface area contributed by atoms with Gasteiger partial charge in [-0.2, -0.15) is 0 Å². The second-order valence-corrected chi connectivity index (χ2v) is 6.97. The largest absolute Gasteiger partial charge is 0.477 e. The van der Waals surface area contributed by atoms with Gasteiger partial charge in [0.2, 0.25) is 0 Å². The van der Waals surface area contributed by atoms with Gasteiger partial charge in [-0.25, -0.2) is 13.2 Å². The first-order valence-electron chi connectivity index (χ1n) is 5.61. The number of benzene rings is 1. The number of hydrogen-bond acceptors (Lipinski definition) is 4. The summed E-state index contributed by atoms with van der Waals surface area (Å²) in [6, 6.07) is 5.90. The van der Waals surface area contributed by atoms with Gasteiger partial charge >= 0.3 is 5.97 Å². The highest BCUT2D eigenvalue weighted by Crippen LogP contribution is 2.30. The number of sulfonamides is 1. The number of aromatic nitrogens is 1. The van der Waals surface area contributed by atoms with Crippen LogP contribution in [0.2, 0.25) is 5.02 Å². The number of nitrogens with one attached hydrogen (secondary N) is 2. The maximum atomic E-state index is 12.2. The second kappa shape index (κ2) is 6.00. The Morgan fingerprint density at radius 1 is 1.38 bits per heavy atom. The molecule has 112 valence electrons. The fraction of sp³-hybridized carbons (Fsp3) is 0.0833. The van der Waals surface area contributed by atoms with Gasteiger partial charge in [-0.3, -0.25) is 4.72 Å². The van der Waals surface area contributed by atoms with Crippen molar-refractivity contribution in [1.82, 2.24) is 4.98 Å². The van der Waals surface area contributed by atoms with Crippen LogP contribution in [0.1, 0.15) is 10.5 Å². The Hall–Kier alpha value is -1.64. The quantitative estimate of drug-likeness (QED) is 0.723. The van der Waals surface area contributed by atoms with Gasteiger partial charge in [0.05, 0.1) is 5.69 Å². The molecule has 0 unspecified atom stereocenters. The molecule has 0 atom stereocenters. The van der Waals surface area contributed by atoms with E-state index in [1.165, 1.54) is 17.8 Å². The molecule has 0 spiro atoms. The lowest BCUT2D eigenvalue weighted by Crippen LogP contribution is -2.12. The van der Waals surface area contributed by atoms with Crippen LogP contribution in [0.25, 0.3) is 0 Å². The molecule has 0 aliphatic rings. The smallest absolute Gasteiger partial charge is 0.352 e. The fourth-order valence-electron chi connectivity index (χ4n) is 1.62. The van der Waals surface area contributed by atoms with E-state index in [0.717, 1.165) is 12.3 Å². The van der Waals surface area contributed by atoms with Gasteiger partial charge in [-0.15, -0.1) is 11.8 Å². The lowest BCUT2D eigenvalue weighted by molar-refractivity contribution is 0.0691. The van der Waals surface area contributed by atoms with Crippen molar-refractivity contribution in [3.63, 3.8) is 0 Å². The number of aromatic carboxylic acids is 1. The minimum absolute atomic E-state index is 0.160. The number of anilines is 1. The van der Waals surface area contributed by atoms with Crippen molar-refractivity contribution in [3.8, 4) is 0 Å². The van der Waals surface area contributed by atoms with E-state index < -0.39 is 16.0 Å². The van der Waals surface area contributed by atoms with Crippen LogP contribution in [0.5, 0.6) is 0 Å². The summed E-state index contributed by atoms with van der Waals surface area (Å²) in [5, 5.41) is 9.20. The number of carboxylic acids is 1. The van der Waals surface area contributed by atoms with E-state index in [1.807, 2.05) is 0 Å². The third-order valence-electron chi connectivity index (χ3n) is 2.60. The monoisotopic (exact) mass is 346 g/mol. The molecule has 3 N–H and O–H groups in total. The van der Waals surface area contributed by atoms with Crippen LogP contribution in [0.4, 0.5) is 5.69 Å². The first-order chi connectivity index (χ1) is 9.83. The third-order valence-corrected chi connectivity index (χ3v) is 4.98. The van der Waals surface area contributed by atoms with Crippen molar-refractivity contribution in [2.45, 2.75) is 9.79 Å². The molecule has 0 amide bonds. The minimum atomic E-state index is -3.89. The molecular weight excluding hydrogens is 336 g/mol. The molecule has 21 heavy (non-hydrogen) atoms. The number of thioether (sulfide) groups is 1. The van der Waals surface area contributed by atoms with Crippen molar-refractivity contribution in [2.75, 3.05) is 11.0 Å². The van der Waals surface area contributed by atoms with Crippen LogP contribution in [0.15, 0.2) is 40.3 Å². The average Bonchev–Trinajstić information content (AvgIpc) is 2.89. The number of aromatic amines is 1. The zero-order valence-corrected chi connectivity index (χ0v) is 13.1. The second-order valence-electron chi connectivity index (χ2n) is 4.00. The molecule has 0 bridgehead atoms. The van der Waals surface area contributed by atoms with Crippen LogP contribution in [0, 0.1) is 0 Å². The molecule has 1 aromatic carbocycles. The summed E-state index contributed by atoms with van der Waals surface area (Å²) in [5.41, 5.74) is 0.139. The van der Waals surface area contributed by atoms with Crippen LogP contribution in [0.3, 0.4) is 0 Å². The SMILES string of the molecule is CSc1ccc(Cl)cc1NS(=O)(=O)c1c[nH]c(C(=O)O)c1. The first-order valence-corrected chi connectivity index (χ1v) is 8.70. The topological polar surface area (TPSA) is 99.3 Å². The number of halogens is 1. The first kappa shape index (κ1) is 15.7. The highest BCUT2D eigenvalue weighted by Gasteiger charge is 2.19. The van der Waals surface area contributed by atoms with Crippen molar-refractivity contribution in [1.29, 1.82) is 0 Å². The van der Waals surface area contributed by atoms with E-state index in [9.17, 15) is 13.2 Å². The summed E-state index contributed by atoms with van der Waals surface area (Å²) in [4.78, 5) is 13.7. The van der Waals surface area contributed by atoms with Gasteiger partial charge in [0.25, 0.3) is 10.0 Å². The minimum Gasteiger partial charge on any atom is -0.477 e. The molecule has 1 aromatic heterocycles. The van der Waals surface area contributed by atoms with Gasteiger partial charge in [0.15, 0.2) is 0 Å². The van der Waals surface area contributed by atoms with Gasteiger partial charge in [-0.05, 0) is 30.5 Å². The predicted octanol–water partition coefficient (Wildman–Crippen LogP) is 2.89. The highest BCUT2D eigenvalue weighted by molar-refractivity contribution is 7.99. The Bertz CT molecular complexity index is 786. The summed E-state index contributed by atoms with van der Waals surface area (Å²) in [6.45, 7) is 0. The fourth-order valence-corrected chi connectivity index (χ4v) is 3.45. The molecule has 0 aliphatic carbocycles. The third kappa shape index (κ3) is 3.52. The summed E-state index contributed by atoms with van der Waals surface area (Å²) in [6.07, 6.45) is 2.93. The Labute approximate surface area is 130 Å². The summed E-state index contributed by atoms with van der Waals surface area (Å²) < 4.78 is 26.9. The van der Waals surface area contributed by atoms with Crippen molar-refractivity contribution in [3.05, 3.63) is 41.2 Å². The standard InChI is InChI=1S/C12H11ClN2O4S2/c1-20-11-3-2-7(13)4-9(11)15-21(18,19)8-5-10(12(16)17)14-6-8/h2-6,14-15H,1H3,(H,16,17).